The number of hydrogen-bond donors (Lipinski definition) is 0. The number of benzene rings is 2. The van der Waals surface area contributed by atoms with Gasteiger partial charge in [0.05, 0.1) is 25.7 Å². The molecule has 1 aliphatic rings. The van der Waals surface area contributed by atoms with Crippen molar-refractivity contribution in [2.45, 2.75) is 39.2 Å². The lowest BCUT2D eigenvalue weighted by Gasteiger charge is -2.15. The smallest absolute Gasteiger partial charge is 0.309 e. The molecule has 0 saturated heterocycles. The summed E-state index contributed by atoms with van der Waals surface area (Å²) in [7, 11) is 1.38. The van der Waals surface area contributed by atoms with Gasteiger partial charge in [-0.05, 0) is 68.1 Å². The number of ether oxygens (including phenoxy) is 3. The van der Waals surface area contributed by atoms with Crippen molar-refractivity contribution < 1.29 is 28.2 Å². The third-order valence-electron chi connectivity index (χ3n) is 5.09. The van der Waals surface area contributed by atoms with Crippen LogP contribution in [0.5, 0.6) is 11.5 Å². The van der Waals surface area contributed by atoms with Crippen molar-refractivity contribution in [2.75, 3.05) is 13.7 Å². The van der Waals surface area contributed by atoms with Crippen LogP contribution in [0, 0.1) is 17.7 Å². The molecule has 0 aliphatic heterocycles. The Balaban J connectivity index is 1.80. The molecular weight excluding hydrogens is 387 g/mol. The standard InChI is InChI=1S/C24H27FO5/c1-15(2)30-19-7-8-22(25)20(13-19)16-6-9-23(17(11-16)5-4-10-26)29-14-18-12-21(18)24(27)28-3/h6-11,13,15,18,21H,4-5,12,14H2,1-3H3. The first-order chi connectivity index (χ1) is 14.4. The number of carbonyl (C=O) groups is 2. The number of aldehydes is 1. The Morgan fingerprint density at radius 2 is 2.03 bits per heavy atom. The van der Waals surface area contributed by atoms with Gasteiger partial charge in [-0.15, -0.1) is 0 Å². The summed E-state index contributed by atoms with van der Waals surface area (Å²) in [6, 6.07) is 10.1. The van der Waals surface area contributed by atoms with Gasteiger partial charge in [-0.1, -0.05) is 6.07 Å². The van der Waals surface area contributed by atoms with E-state index in [-0.39, 0.29) is 29.7 Å². The Kier molecular flexibility index (Phi) is 7.08. The number of rotatable bonds is 10. The van der Waals surface area contributed by atoms with Crippen molar-refractivity contribution in [3.8, 4) is 22.6 Å². The van der Waals surface area contributed by atoms with Crippen LogP contribution in [0.25, 0.3) is 11.1 Å². The van der Waals surface area contributed by atoms with Crippen molar-refractivity contribution in [1.29, 1.82) is 0 Å². The molecule has 6 heteroatoms. The molecule has 5 nitrogen and oxygen atoms in total. The van der Waals surface area contributed by atoms with Crippen LogP contribution in [0.4, 0.5) is 4.39 Å². The molecule has 2 aromatic carbocycles. The van der Waals surface area contributed by atoms with E-state index >= 15 is 0 Å². The van der Waals surface area contributed by atoms with Crippen LogP contribution in [-0.4, -0.2) is 32.1 Å². The lowest BCUT2D eigenvalue weighted by Crippen LogP contribution is -2.09. The van der Waals surface area contributed by atoms with E-state index in [0.717, 1.165) is 18.3 Å². The highest BCUT2D eigenvalue weighted by atomic mass is 19.1. The highest BCUT2D eigenvalue weighted by molar-refractivity contribution is 5.75. The van der Waals surface area contributed by atoms with Crippen molar-refractivity contribution in [3.63, 3.8) is 0 Å². The van der Waals surface area contributed by atoms with Crippen molar-refractivity contribution in [3.05, 3.63) is 47.8 Å². The molecule has 1 aliphatic carbocycles. The van der Waals surface area contributed by atoms with Crippen LogP contribution in [0.15, 0.2) is 36.4 Å². The SMILES string of the molecule is COC(=O)C1CC1COc1ccc(-c2cc(OC(C)C)ccc2F)cc1CCC=O. The molecule has 2 aromatic rings. The van der Waals surface area contributed by atoms with Gasteiger partial charge in [-0.25, -0.2) is 4.39 Å². The van der Waals surface area contributed by atoms with Gasteiger partial charge in [0.15, 0.2) is 0 Å². The van der Waals surface area contributed by atoms with Gasteiger partial charge in [-0.3, -0.25) is 4.79 Å². The monoisotopic (exact) mass is 414 g/mol. The molecule has 30 heavy (non-hydrogen) atoms. The lowest BCUT2D eigenvalue weighted by atomic mass is 9.99. The van der Waals surface area contributed by atoms with Crippen molar-refractivity contribution in [1.82, 2.24) is 0 Å². The van der Waals surface area contributed by atoms with E-state index in [1.807, 2.05) is 19.9 Å². The van der Waals surface area contributed by atoms with Crippen LogP contribution >= 0.6 is 0 Å². The zero-order chi connectivity index (χ0) is 21.7. The average molecular weight is 414 g/mol. The van der Waals surface area contributed by atoms with Gasteiger partial charge in [0.1, 0.15) is 23.6 Å². The van der Waals surface area contributed by atoms with E-state index < -0.39 is 0 Å². The van der Waals surface area contributed by atoms with Gasteiger partial charge in [-0.2, -0.15) is 0 Å². The number of methoxy groups -OCH3 is 1. The minimum Gasteiger partial charge on any atom is -0.493 e. The number of esters is 1. The fourth-order valence-corrected chi connectivity index (χ4v) is 3.44. The van der Waals surface area contributed by atoms with Crippen LogP contribution in [0.2, 0.25) is 0 Å². The van der Waals surface area contributed by atoms with E-state index in [9.17, 15) is 14.0 Å². The molecule has 1 saturated carbocycles. The molecule has 0 radical (unpaired) electrons. The summed E-state index contributed by atoms with van der Waals surface area (Å²) >= 11 is 0. The Labute approximate surface area is 176 Å². The summed E-state index contributed by atoms with van der Waals surface area (Å²) in [5.74, 6) is 0.716. The zero-order valence-electron chi connectivity index (χ0n) is 17.5. The second-order valence-corrected chi connectivity index (χ2v) is 7.77. The van der Waals surface area contributed by atoms with E-state index in [1.165, 1.54) is 13.2 Å². The first kappa shape index (κ1) is 21.8. The molecule has 0 bridgehead atoms. The maximum absolute atomic E-state index is 14.5. The van der Waals surface area contributed by atoms with Crippen molar-refractivity contribution in [2.24, 2.45) is 11.8 Å². The second-order valence-electron chi connectivity index (χ2n) is 7.77. The summed E-state index contributed by atoms with van der Waals surface area (Å²) in [5.41, 5.74) is 1.94. The Morgan fingerprint density at radius 1 is 1.23 bits per heavy atom. The maximum atomic E-state index is 14.5. The van der Waals surface area contributed by atoms with E-state index in [1.54, 1.807) is 24.3 Å². The molecule has 0 N–H and O–H groups in total. The maximum Gasteiger partial charge on any atom is 0.309 e. The third-order valence-corrected chi connectivity index (χ3v) is 5.09. The number of hydrogen-bond acceptors (Lipinski definition) is 5. The van der Waals surface area contributed by atoms with E-state index in [4.69, 9.17) is 14.2 Å². The summed E-state index contributed by atoms with van der Waals surface area (Å²) in [5, 5.41) is 0. The van der Waals surface area contributed by atoms with Gasteiger partial charge < -0.3 is 19.0 Å². The minimum absolute atomic E-state index is 0.0153. The van der Waals surface area contributed by atoms with Gasteiger partial charge in [0.25, 0.3) is 0 Å². The molecule has 2 unspecified atom stereocenters. The zero-order valence-corrected chi connectivity index (χ0v) is 17.5. The summed E-state index contributed by atoms with van der Waals surface area (Å²) in [4.78, 5) is 22.5. The minimum atomic E-state index is -0.347. The Morgan fingerprint density at radius 3 is 2.73 bits per heavy atom. The largest absolute Gasteiger partial charge is 0.493 e. The summed E-state index contributed by atoms with van der Waals surface area (Å²) < 4.78 is 30.9. The average Bonchev–Trinajstić information content (AvgIpc) is 3.51. The fourth-order valence-electron chi connectivity index (χ4n) is 3.44. The number of halogens is 1. The first-order valence-corrected chi connectivity index (χ1v) is 10.2. The molecule has 0 heterocycles. The molecule has 0 amide bonds. The molecule has 1 fully saturated rings. The molecule has 3 rings (SSSR count). The molecule has 2 atom stereocenters. The fraction of sp³-hybridized carbons (Fsp3) is 0.417. The Bertz CT molecular complexity index is 908. The molecular formula is C24H27FO5. The van der Waals surface area contributed by atoms with Gasteiger partial charge in [0.2, 0.25) is 0 Å². The predicted molar refractivity (Wildman–Crippen MR) is 111 cm³/mol. The first-order valence-electron chi connectivity index (χ1n) is 10.2. The summed E-state index contributed by atoms with van der Waals surface area (Å²) in [6.07, 6.45) is 2.41. The second kappa shape index (κ2) is 9.74. The highest BCUT2D eigenvalue weighted by Gasteiger charge is 2.44. The van der Waals surface area contributed by atoms with Crippen LogP contribution in [-0.2, 0) is 20.7 Å². The predicted octanol–water partition coefficient (Wildman–Crippen LogP) is 4.60. The third kappa shape index (κ3) is 5.38. The molecule has 160 valence electrons. The van der Waals surface area contributed by atoms with Crippen LogP contribution in [0.1, 0.15) is 32.3 Å². The topological polar surface area (TPSA) is 61.8 Å². The quantitative estimate of drug-likeness (QED) is 0.420. The highest BCUT2D eigenvalue weighted by Crippen LogP contribution is 2.40. The van der Waals surface area contributed by atoms with Crippen LogP contribution in [0.3, 0.4) is 0 Å². The normalized spacial score (nSPS) is 17.5. The van der Waals surface area contributed by atoms with E-state index in [0.29, 0.717) is 42.1 Å². The number of aryl methyl sites for hydroxylation is 1. The van der Waals surface area contributed by atoms with Gasteiger partial charge >= 0.3 is 5.97 Å². The molecule has 0 aromatic heterocycles. The number of carbonyl (C=O) groups excluding carboxylic acids is 2. The Hall–Kier alpha value is -2.89. The van der Waals surface area contributed by atoms with Gasteiger partial charge in [0, 0.05) is 17.9 Å². The molecule has 0 spiro atoms. The summed E-state index contributed by atoms with van der Waals surface area (Å²) in [6.45, 7) is 4.23. The van der Waals surface area contributed by atoms with E-state index in [2.05, 4.69) is 0 Å². The van der Waals surface area contributed by atoms with Crippen molar-refractivity contribution >= 4 is 12.3 Å². The lowest BCUT2D eigenvalue weighted by molar-refractivity contribution is -0.142. The van der Waals surface area contributed by atoms with Crippen LogP contribution < -0.4 is 9.47 Å².